The Balaban J connectivity index is 3.71. The molecule has 4 heteroatoms. The Labute approximate surface area is 86.0 Å². The quantitative estimate of drug-likeness (QED) is 0.412. The van der Waals surface area contributed by atoms with Gasteiger partial charge in [-0.25, -0.2) is 0 Å². The van der Waals surface area contributed by atoms with Crippen LogP contribution in [-0.4, -0.2) is 47.2 Å². The number of aliphatic hydroxyl groups is 3. The summed E-state index contributed by atoms with van der Waals surface area (Å²) in [4.78, 5) is 0. The number of hydrogen-bond acceptors (Lipinski definition) is 4. The highest BCUT2D eigenvalue weighted by molar-refractivity contribution is 4.85. The Kier molecular flexibility index (Phi) is 7.09. The van der Waals surface area contributed by atoms with Gasteiger partial charge in [0, 0.05) is 0 Å². The molecule has 0 radical (unpaired) electrons. The lowest BCUT2D eigenvalue weighted by molar-refractivity contribution is 0.0424. The van der Waals surface area contributed by atoms with Gasteiger partial charge in [-0.2, -0.15) is 0 Å². The summed E-state index contributed by atoms with van der Waals surface area (Å²) in [6.07, 6.45) is 2.09. The molecule has 0 saturated carbocycles. The Morgan fingerprint density at radius 3 is 1.93 bits per heavy atom. The topological polar surface area (TPSA) is 72.7 Å². The molecule has 0 aromatic heterocycles. The molecular formula is C10H23NO3. The van der Waals surface area contributed by atoms with Crippen molar-refractivity contribution >= 4 is 0 Å². The van der Waals surface area contributed by atoms with Crippen LogP contribution in [-0.2, 0) is 0 Å². The van der Waals surface area contributed by atoms with E-state index in [9.17, 15) is 0 Å². The van der Waals surface area contributed by atoms with E-state index in [4.69, 9.17) is 15.3 Å². The van der Waals surface area contributed by atoms with Crippen molar-refractivity contribution in [2.75, 3.05) is 26.4 Å². The van der Waals surface area contributed by atoms with E-state index in [-0.39, 0.29) is 19.8 Å². The van der Waals surface area contributed by atoms with Crippen LogP contribution < -0.4 is 5.32 Å². The fraction of sp³-hybridized carbons (Fsp3) is 1.00. The second-order valence-corrected chi connectivity index (χ2v) is 4.22. The van der Waals surface area contributed by atoms with Crippen molar-refractivity contribution < 1.29 is 15.3 Å². The van der Waals surface area contributed by atoms with E-state index in [1.807, 2.05) is 0 Å². The summed E-state index contributed by atoms with van der Waals surface area (Å²) in [5.74, 6) is 0.656. The van der Waals surface area contributed by atoms with Crippen LogP contribution in [0.4, 0.5) is 0 Å². The number of rotatable bonds is 8. The van der Waals surface area contributed by atoms with Crippen LogP contribution in [0.15, 0.2) is 0 Å². The van der Waals surface area contributed by atoms with Gasteiger partial charge < -0.3 is 20.6 Å². The smallest absolute Gasteiger partial charge is 0.0881 e. The largest absolute Gasteiger partial charge is 0.394 e. The lowest BCUT2D eigenvalue weighted by atomic mass is 10.0. The lowest BCUT2D eigenvalue weighted by Crippen LogP contribution is -2.55. The summed E-state index contributed by atoms with van der Waals surface area (Å²) in [6, 6.07) is 0. The minimum atomic E-state index is -0.920. The van der Waals surface area contributed by atoms with Gasteiger partial charge in [0.05, 0.1) is 25.4 Å². The Bertz CT molecular complexity index is 127. The molecule has 0 saturated heterocycles. The predicted octanol–water partition coefficient (Wildman–Crippen LogP) is -0.272. The Hall–Kier alpha value is -0.160. The van der Waals surface area contributed by atoms with E-state index in [0.717, 1.165) is 12.8 Å². The van der Waals surface area contributed by atoms with E-state index in [0.29, 0.717) is 12.5 Å². The van der Waals surface area contributed by atoms with Crippen molar-refractivity contribution in [2.45, 2.75) is 32.2 Å². The highest BCUT2D eigenvalue weighted by atomic mass is 16.3. The molecule has 4 nitrogen and oxygen atoms in total. The zero-order valence-electron chi connectivity index (χ0n) is 9.16. The maximum atomic E-state index is 9.00. The molecule has 0 aromatic rings. The molecular weight excluding hydrogens is 182 g/mol. The molecule has 86 valence electrons. The minimum Gasteiger partial charge on any atom is -0.394 e. The van der Waals surface area contributed by atoms with Crippen molar-refractivity contribution in [3.63, 3.8) is 0 Å². The van der Waals surface area contributed by atoms with Crippen LogP contribution in [0.5, 0.6) is 0 Å². The highest BCUT2D eigenvalue weighted by Crippen LogP contribution is 2.05. The van der Waals surface area contributed by atoms with Gasteiger partial charge in [0.15, 0.2) is 0 Å². The summed E-state index contributed by atoms with van der Waals surface area (Å²) in [5.41, 5.74) is -0.920. The average Bonchev–Trinajstić information content (AvgIpc) is 2.19. The Morgan fingerprint density at radius 1 is 1.07 bits per heavy atom. The van der Waals surface area contributed by atoms with Crippen LogP contribution in [0.1, 0.15) is 26.7 Å². The monoisotopic (exact) mass is 205 g/mol. The van der Waals surface area contributed by atoms with Crippen molar-refractivity contribution in [1.29, 1.82) is 0 Å². The molecule has 0 amide bonds. The van der Waals surface area contributed by atoms with Crippen LogP contribution in [0.2, 0.25) is 0 Å². The standard InChI is InChI=1S/C10H23NO3/c1-9(2)4-3-5-11-10(6-12,7-13)8-14/h9,11-14H,3-8H2,1-2H3. The van der Waals surface area contributed by atoms with Crippen molar-refractivity contribution in [3.05, 3.63) is 0 Å². The molecule has 0 heterocycles. The van der Waals surface area contributed by atoms with Gasteiger partial charge in [0.1, 0.15) is 0 Å². The third kappa shape index (κ3) is 4.91. The first-order valence-corrected chi connectivity index (χ1v) is 5.18. The molecule has 0 unspecified atom stereocenters. The normalized spacial score (nSPS) is 12.4. The summed E-state index contributed by atoms with van der Waals surface area (Å²) in [6.45, 7) is 4.26. The number of aliphatic hydroxyl groups excluding tert-OH is 3. The van der Waals surface area contributed by atoms with Crippen LogP contribution >= 0.6 is 0 Å². The van der Waals surface area contributed by atoms with E-state index in [1.165, 1.54) is 0 Å². The minimum absolute atomic E-state index is 0.248. The molecule has 0 spiro atoms. The zero-order chi connectivity index (χ0) is 11.0. The van der Waals surface area contributed by atoms with Crippen molar-refractivity contribution in [3.8, 4) is 0 Å². The van der Waals surface area contributed by atoms with E-state index < -0.39 is 5.54 Å². The summed E-state index contributed by atoms with van der Waals surface area (Å²) < 4.78 is 0. The number of nitrogens with one attached hydrogen (secondary N) is 1. The Morgan fingerprint density at radius 2 is 1.57 bits per heavy atom. The first kappa shape index (κ1) is 13.8. The maximum absolute atomic E-state index is 9.00. The van der Waals surface area contributed by atoms with Crippen LogP contribution in [0.3, 0.4) is 0 Å². The average molecular weight is 205 g/mol. The second-order valence-electron chi connectivity index (χ2n) is 4.22. The maximum Gasteiger partial charge on any atom is 0.0881 e. The second kappa shape index (κ2) is 7.17. The molecule has 0 aliphatic carbocycles. The third-order valence-corrected chi connectivity index (χ3v) is 2.37. The summed E-state index contributed by atoms with van der Waals surface area (Å²) in [5, 5.41) is 30.0. The highest BCUT2D eigenvalue weighted by Gasteiger charge is 2.26. The fourth-order valence-electron chi connectivity index (χ4n) is 1.18. The van der Waals surface area contributed by atoms with Gasteiger partial charge in [0.2, 0.25) is 0 Å². The SMILES string of the molecule is CC(C)CCCNC(CO)(CO)CO. The predicted molar refractivity (Wildman–Crippen MR) is 56.1 cm³/mol. The van der Waals surface area contributed by atoms with E-state index in [1.54, 1.807) is 0 Å². The van der Waals surface area contributed by atoms with Crippen molar-refractivity contribution in [2.24, 2.45) is 5.92 Å². The molecule has 4 N–H and O–H groups in total. The summed E-state index contributed by atoms with van der Waals surface area (Å²) in [7, 11) is 0. The molecule has 0 aliphatic heterocycles. The molecule has 0 atom stereocenters. The molecule has 0 bridgehead atoms. The lowest BCUT2D eigenvalue weighted by Gasteiger charge is -2.28. The first-order valence-electron chi connectivity index (χ1n) is 5.18. The molecule has 0 aromatic carbocycles. The van der Waals surface area contributed by atoms with Gasteiger partial charge in [-0.3, -0.25) is 0 Å². The molecule has 0 aliphatic rings. The van der Waals surface area contributed by atoms with Crippen LogP contribution in [0, 0.1) is 5.92 Å². The summed E-state index contributed by atoms with van der Waals surface area (Å²) >= 11 is 0. The molecule has 0 fully saturated rings. The van der Waals surface area contributed by atoms with E-state index >= 15 is 0 Å². The third-order valence-electron chi connectivity index (χ3n) is 2.37. The van der Waals surface area contributed by atoms with Crippen molar-refractivity contribution in [1.82, 2.24) is 5.32 Å². The van der Waals surface area contributed by atoms with Gasteiger partial charge in [0.25, 0.3) is 0 Å². The first-order chi connectivity index (χ1) is 6.60. The molecule has 14 heavy (non-hydrogen) atoms. The van der Waals surface area contributed by atoms with Crippen LogP contribution in [0.25, 0.3) is 0 Å². The number of hydrogen-bond donors (Lipinski definition) is 4. The van der Waals surface area contributed by atoms with Gasteiger partial charge in [-0.1, -0.05) is 13.8 Å². The molecule has 0 rings (SSSR count). The fourth-order valence-corrected chi connectivity index (χ4v) is 1.18. The zero-order valence-corrected chi connectivity index (χ0v) is 9.16. The van der Waals surface area contributed by atoms with Gasteiger partial charge >= 0.3 is 0 Å². The van der Waals surface area contributed by atoms with Gasteiger partial charge in [-0.05, 0) is 25.3 Å². The van der Waals surface area contributed by atoms with E-state index in [2.05, 4.69) is 19.2 Å². The van der Waals surface area contributed by atoms with Gasteiger partial charge in [-0.15, -0.1) is 0 Å².